The van der Waals surface area contributed by atoms with E-state index in [0.29, 0.717) is 0 Å². The third-order valence-electron chi connectivity index (χ3n) is 4.49. The second-order valence-electron chi connectivity index (χ2n) is 6.96. The molecule has 0 aliphatic heterocycles. The lowest BCUT2D eigenvalue weighted by molar-refractivity contribution is -0.138. The van der Waals surface area contributed by atoms with Gasteiger partial charge in [-0.1, -0.05) is 17.7 Å². The van der Waals surface area contributed by atoms with Crippen LogP contribution in [0.15, 0.2) is 68.9 Å². The first kappa shape index (κ1) is 26.0. The van der Waals surface area contributed by atoms with Crippen LogP contribution in [0, 0.1) is 6.92 Å². The summed E-state index contributed by atoms with van der Waals surface area (Å²) in [7, 11) is -3.32. The molecule has 2 rings (SSSR count). The minimum Gasteiger partial charge on any atom is -0.466 e. The number of methoxy groups -OCH3 is 2. The van der Waals surface area contributed by atoms with Crippen LogP contribution in [0.4, 0.5) is 5.69 Å². The second-order valence-corrected chi connectivity index (χ2v) is 11.0. The summed E-state index contributed by atoms with van der Waals surface area (Å²) in [5.41, 5.74) is 0.136. The molecular formula is C21H24N2O8S2. The Kier molecular flexibility index (Phi) is 8.01. The zero-order chi connectivity index (χ0) is 25.0. The van der Waals surface area contributed by atoms with Crippen LogP contribution in [-0.4, -0.2) is 61.4 Å². The predicted octanol–water partition coefficient (Wildman–Crippen LogP) is 1.72. The minimum absolute atomic E-state index is 0.0454. The number of nitrogens with one attached hydrogen (secondary N) is 1. The fraction of sp³-hybridized carbons (Fsp3) is 0.238. The number of hydrogen-bond acceptors (Lipinski definition) is 9. The molecule has 0 spiro atoms. The Labute approximate surface area is 192 Å². The van der Waals surface area contributed by atoms with Gasteiger partial charge in [-0.3, -0.25) is 0 Å². The highest BCUT2D eigenvalue weighted by Crippen LogP contribution is 2.32. The zero-order valence-corrected chi connectivity index (χ0v) is 20.3. The van der Waals surface area contributed by atoms with Crippen LogP contribution in [0.2, 0.25) is 0 Å². The van der Waals surface area contributed by atoms with Gasteiger partial charge in [0, 0.05) is 14.1 Å². The number of carbonyl (C=O) groups is 2. The second kappa shape index (κ2) is 10.1. The molecule has 0 aromatic heterocycles. The number of anilines is 1. The third kappa shape index (κ3) is 5.78. The lowest BCUT2D eigenvalue weighted by atomic mass is 10.2. The van der Waals surface area contributed by atoms with E-state index in [9.17, 15) is 26.4 Å². The number of sulfone groups is 1. The summed E-state index contributed by atoms with van der Waals surface area (Å²) in [5.74, 6) is -1.91. The number of nitrogens with zero attached hydrogens (tertiary/aromatic N) is 1. The SMILES string of the molecule is COC(=O)/C=C(/Nc1cc(S(=O)(=O)N(C)C)ccc1S(=O)(=O)c1ccc(C)cc1)C(=O)OC. The monoisotopic (exact) mass is 496 g/mol. The van der Waals surface area contributed by atoms with Crippen molar-refractivity contribution in [2.75, 3.05) is 33.6 Å². The normalized spacial score (nSPS) is 12.4. The van der Waals surface area contributed by atoms with Crippen molar-refractivity contribution in [3.63, 3.8) is 0 Å². The van der Waals surface area contributed by atoms with Gasteiger partial charge in [0.25, 0.3) is 0 Å². The van der Waals surface area contributed by atoms with E-state index < -0.39 is 37.5 Å². The van der Waals surface area contributed by atoms with Crippen molar-refractivity contribution in [3.05, 3.63) is 59.8 Å². The molecule has 178 valence electrons. The highest BCUT2D eigenvalue weighted by atomic mass is 32.2. The number of hydrogen-bond donors (Lipinski definition) is 1. The van der Waals surface area contributed by atoms with E-state index in [1.165, 1.54) is 26.2 Å². The number of aryl methyl sites for hydroxylation is 1. The highest BCUT2D eigenvalue weighted by Gasteiger charge is 2.27. The van der Waals surface area contributed by atoms with Crippen molar-refractivity contribution >= 4 is 37.5 Å². The van der Waals surface area contributed by atoms with Crippen LogP contribution in [0.5, 0.6) is 0 Å². The number of rotatable bonds is 8. The largest absolute Gasteiger partial charge is 0.466 e. The molecule has 0 aliphatic rings. The first-order chi connectivity index (χ1) is 15.3. The maximum absolute atomic E-state index is 13.3. The molecule has 0 amide bonds. The molecule has 0 atom stereocenters. The zero-order valence-electron chi connectivity index (χ0n) is 18.6. The Morgan fingerprint density at radius 3 is 2.00 bits per heavy atom. The summed E-state index contributed by atoms with van der Waals surface area (Å²) >= 11 is 0. The van der Waals surface area contributed by atoms with Crippen molar-refractivity contribution in [1.82, 2.24) is 4.31 Å². The maximum atomic E-state index is 13.3. The van der Waals surface area contributed by atoms with Gasteiger partial charge in [-0.15, -0.1) is 0 Å². The van der Waals surface area contributed by atoms with Crippen molar-refractivity contribution in [2.24, 2.45) is 0 Å². The molecule has 0 unspecified atom stereocenters. The lowest BCUT2D eigenvalue weighted by Crippen LogP contribution is -2.23. The standard InChI is InChI=1S/C21H24N2O8S2/c1-14-6-8-15(9-7-14)32(26,27)19-11-10-16(33(28,29)23(2)3)12-17(19)22-18(21(25)31-5)13-20(24)30-4/h6-13,22H,1-5H3/b18-13+. The van der Waals surface area contributed by atoms with Crippen molar-refractivity contribution in [3.8, 4) is 0 Å². The summed E-state index contributed by atoms with van der Waals surface area (Å²) in [5, 5.41) is 2.53. The summed E-state index contributed by atoms with van der Waals surface area (Å²) in [6.07, 6.45) is 0.765. The average Bonchev–Trinajstić information content (AvgIpc) is 2.77. The number of esters is 2. The van der Waals surface area contributed by atoms with Crippen LogP contribution in [0.25, 0.3) is 0 Å². The number of benzene rings is 2. The van der Waals surface area contributed by atoms with Gasteiger partial charge < -0.3 is 14.8 Å². The summed E-state index contributed by atoms with van der Waals surface area (Å²) in [6, 6.07) is 9.35. The van der Waals surface area contributed by atoms with Gasteiger partial charge in [0.1, 0.15) is 5.70 Å². The number of sulfonamides is 1. The van der Waals surface area contributed by atoms with Gasteiger partial charge in [-0.2, -0.15) is 0 Å². The van der Waals surface area contributed by atoms with Crippen molar-refractivity contribution in [1.29, 1.82) is 0 Å². The van der Waals surface area contributed by atoms with E-state index in [1.807, 2.05) is 0 Å². The molecule has 0 aliphatic carbocycles. The van der Waals surface area contributed by atoms with E-state index >= 15 is 0 Å². The smallest absolute Gasteiger partial charge is 0.354 e. The summed E-state index contributed by atoms with van der Waals surface area (Å²) in [4.78, 5) is 23.3. The molecule has 2 aromatic carbocycles. The molecule has 0 saturated carbocycles. The van der Waals surface area contributed by atoms with Gasteiger partial charge in [-0.05, 0) is 37.3 Å². The summed E-state index contributed by atoms with van der Waals surface area (Å²) in [6.45, 7) is 1.80. The highest BCUT2D eigenvalue weighted by molar-refractivity contribution is 7.91. The topological polar surface area (TPSA) is 136 Å². The van der Waals surface area contributed by atoms with Crippen LogP contribution < -0.4 is 5.32 Å². The van der Waals surface area contributed by atoms with Crippen molar-refractivity contribution < 1.29 is 35.9 Å². The molecule has 33 heavy (non-hydrogen) atoms. The number of carbonyl (C=O) groups excluding carboxylic acids is 2. The molecule has 0 heterocycles. The molecule has 0 fully saturated rings. The molecule has 12 heteroatoms. The van der Waals surface area contributed by atoms with E-state index in [4.69, 9.17) is 0 Å². The molecule has 1 N–H and O–H groups in total. The summed E-state index contributed by atoms with van der Waals surface area (Å²) < 4.78 is 62.0. The Morgan fingerprint density at radius 2 is 1.48 bits per heavy atom. The molecule has 0 bridgehead atoms. The fourth-order valence-electron chi connectivity index (χ4n) is 2.63. The first-order valence-electron chi connectivity index (χ1n) is 9.38. The van der Waals surface area contributed by atoms with Gasteiger partial charge in [-0.25, -0.2) is 30.7 Å². The van der Waals surface area contributed by atoms with E-state index in [0.717, 1.165) is 48.4 Å². The van der Waals surface area contributed by atoms with Crippen LogP contribution in [-0.2, 0) is 38.9 Å². The minimum atomic E-state index is -4.15. The molecule has 10 nitrogen and oxygen atoms in total. The van der Waals surface area contributed by atoms with Crippen LogP contribution in [0.1, 0.15) is 5.56 Å². The molecule has 0 saturated heterocycles. The van der Waals surface area contributed by atoms with Gasteiger partial charge in [0.2, 0.25) is 19.9 Å². The van der Waals surface area contributed by atoms with Crippen LogP contribution >= 0.6 is 0 Å². The Balaban J connectivity index is 2.78. The average molecular weight is 497 g/mol. The Bertz CT molecular complexity index is 1300. The van der Waals surface area contributed by atoms with E-state index in [1.54, 1.807) is 19.1 Å². The fourth-order valence-corrected chi connectivity index (χ4v) is 4.96. The van der Waals surface area contributed by atoms with E-state index in [2.05, 4.69) is 14.8 Å². The third-order valence-corrected chi connectivity index (χ3v) is 8.13. The lowest BCUT2D eigenvalue weighted by Gasteiger charge is -2.17. The maximum Gasteiger partial charge on any atom is 0.354 e. The van der Waals surface area contributed by atoms with Gasteiger partial charge in [0.15, 0.2) is 0 Å². The Hall–Kier alpha value is -3.22. The quantitative estimate of drug-likeness (QED) is 0.428. The van der Waals surface area contributed by atoms with E-state index in [-0.39, 0.29) is 20.4 Å². The predicted molar refractivity (Wildman–Crippen MR) is 120 cm³/mol. The molecular weight excluding hydrogens is 472 g/mol. The molecule has 0 radical (unpaired) electrons. The van der Waals surface area contributed by atoms with Crippen LogP contribution in [0.3, 0.4) is 0 Å². The van der Waals surface area contributed by atoms with Crippen molar-refractivity contribution in [2.45, 2.75) is 21.6 Å². The van der Waals surface area contributed by atoms with Gasteiger partial charge in [0.05, 0.1) is 40.7 Å². The Morgan fingerprint density at radius 1 is 0.909 bits per heavy atom. The van der Waals surface area contributed by atoms with Gasteiger partial charge >= 0.3 is 11.9 Å². The first-order valence-corrected chi connectivity index (χ1v) is 12.3. The number of ether oxygens (including phenoxy) is 2. The molecule has 2 aromatic rings.